The fraction of sp³-hybridized carbons (Fsp3) is 0.154. The normalized spacial score (nSPS) is 10.6. The van der Waals surface area contributed by atoms with Gasteiger partial charge in [-0.05, 0) is 29.3 Å². The van der Waals surface area contributed by atoms with E-state index in [-0.39, 0.29) is 10.8 Å². The quantitative estimate of drug-likeness (QED) is 0.920. The number of nitrogens with one attached hydrogen (secondary N) is 1. The molecule has 1 aromatic heterocycles. The van der Waals surface area contributed by atoms with Gasteiger partial charge in [0.2, 0.25) is 0 Å². The summed E-state index contributed by atoms with van der Waals surface area (Å²) < 4.78 is 25.8. The van der Waals surface area contributed by atoms with Gasteiger partial charge in [-0.1, -0.05) is 17.7 Å². The number of rotatable bonds is 4. The van der Waals surface area contributed by atoms with Crippen LogP contribution in [0.3, 0.4) is 0 Å². The lowest BCUT2D eigenvalue weighted by Crippen LogP contribution is -2.13. The van der Waals surface area contributed by atoms with Gasteiger partial charge in [0.15, 0.2) is 0 Å². The summed E-state index contributed by atoms with van der Waals surface area (Å²) in [4.78, 5) is 3.75. The molecule has 5 heteroatoms. The molecule has 0 aliphatic carbocycles. The molecule has 0 bridgehead atoms. The highest BCUT2D eigenvalue weighted by atomic mass is 35.5. The first-order valence-corrected chi connectivity index (χ1v) is 5.77. The van der Waals surface area contributed by atoms with E-state index in [4.69, 9.17) is 11.6 Å². The van der Waals surface area contributed by atoms with Crippen LogP contribution in [0.5, 0.6) is 0 Å². The zero-order valence-corrected chi connectivity index (χ0v) is 10.2. The molecule has 0 spiro atoms. The summed E-state index contributed by atoms with van der Waals surface area (Å²) in [6, 6.07) is 5.95. The second-order valence-electron chi connectivity index (χ2n) is 3.86. The number of halogens is 3. The van der Waals surface area contributed by atoms with E-state index in [1.807, 2.05) is 0 Å². The van der Waals surface area contributed by atoms with Crippen molar-refractivity contribution in [2.45, 2.75) is 13.1 Å². The van der Waals surface area contributed by atoms with Crippen molar-refractivity contribution < 1.29 is 8.78 Å². The molecule has 2 nitrogen and oxygen atoms in total. The molecule has 1 heterocycles. The zero-order chi connectivity index (χ0) is 13.0. The molecular weight excluding hydrogens is 258 g/mol. The molecule has 0 aliphatic heterocycles. The van der Waals surface area contributed by atoms with Gasteiger partial charge in [0.25, 0.3) is 0 Å². The molecule has 0 saturated carbocycles. The van der Waals surface area contributed by atoms with E-state index in [0.717, 1.165) is 17.3 Å². The van der Waals surface area contributed by atoms with Gasteiger partial charge < -0.3 is 5.32 Å². The van der Waals surface area contributed by atoms with Gasteiger partial charge >= 0.3 is 0 Å². The predicted octanol–water partition coefficient (Wildman–Crippen LogP) is 3.30. The highest BCUT2D eigenvalue weighted by Gasteiger charge is 2.01. The molecule has 1 aromatic carbocycles. The van der Waals surface area contributed by atoms with Gasteiger partial charge in [-0.3, -0.25) is 4.98 Å². The molecule has 1 N–H and O–H groups in total. The SMILES string of the molecule is Fc1cncc(CNCc2ccc(F)c(Cl)c2)c1. The summed E-state index contributed by atoms with van der Waals surface area (Å²) in [5.74, 6) is -0.797. The van der Waals surface area contributed by atoms with Crippen molar-refractivity contribution in [3.63, 3.8) is 0 Å². The Morgan fingerprint density at radius 2 is 1.83 bits per heavy atom. The largest absolute Gasteiger partial charge is 0.309 e. The van der Waals surface area contributed by atoms with Crippen LogP contribution in [0.15, 0.2) is 36.7 Å². The Hall–Kier alpha value is -1.52. The molecule has 0 amide bonds. The van der Waals surface area contributed by atoms with Crippen molar-refractivity contribution in [1.82, 2.24) is 10.3 Å². The molecule has 0 atom stereocenters. The van der Waals surface area contributed by atoms with E-state index < -0.39 is 5.82 Å². The van der Waals surface area contributed by atoms with E-state index in [9.17, 15) is 8.78 Å². The minimum absolute atomic E-state index is 0.0988. The summed E-state index contributed by atoms with van der Waals surface area (Å²) in [6.45, 7) is 1.01. The minimum atomic E-state index is -0.435. The summed E-state index contributed by atoms with van der Waals surface area (Å²) in [6.07, 6.45) is 2.75. The molecule has 0 aliphatic rings. The third kappa shape index (κ3) is 3.48. The Bertz CT molecular complexity index is 546. The first kappa shape index (κ1) is 12.9. The van der Waals surface area contributed by atoms with Crippen molar-refractivity contribution in [3.8, 4) is 0 Å². The van der Waals surface area contributed by atoms with Gasteiger partial charge in [0.1, 0.15) is 11.6 Å². The molecule has 0 radical (unpaired) electrons. The van der Waals surface area contributed by atoms with E-state index in [1.165, 1.54) is 12.1 Å². The first-order chi connectivity index (χ1) is 8.65. The fourth-order valence-corrected chi connectivity index (χ4v) is 1.76. The van der Waals surface area contributed by atoms with Crippen LogP contribution in [-0.2, 0) is 13.1 Å². The predicted molar refractivity (Wildman–Crippen MR) is 66.1 cm³/mol. The van der Waals surface area contributed by atoms with Crippen LogP contribution in [0, 0.1) is 11.6 Å². The van der Waals surface area contributed by atoms with Crippen LogP contribution < -0.4 is 5.32 Å². The van der Waals surface area contributed by atoms with E-state index in [0.29, 0.717) is 13.1 Å². The van der Waals surface area contributed by atoms with Crippen LogP contribution in [0.2, 0.25) is 5.02 Å². The topological polar surface area (TPSA) is 24.9 Å². The van der Waals surface area contributed by atoms with Gasteiger partial charge in [-0.25, -0.2) is 8.78 Å². The molecule has 18 heavy (non-hydrogen) atoms. The lowest BCUT2D eigenvalue weighted by molar-refractivity contribution is 0.611. The minimum Gasteiger partial charge on any atom is -0.309 e. The summed E-state index contributed by atoms with van der Waals surface area (Å²) >= 11 is 5.67. The van der Waals surface area contributed by atoms with Gasteiger partial charge in [0.05, 0.1) is 11.2 Å². The van der Waals surface area contributed by atoms with Crippen LogP contribution in [0.4, 0.5) is 8.78 Å². The smallest absolute Gasteiger partial charge is 0.141 e. The second kappa shape index (κ2) is 5.89. The fourth-order valence-electron chi connectivity index (χ4n) is 1.55. The second-order valence-corrected chi connectivity index (χ2v) is 4.27. The average molecular weight is 269 g/mol. The third-order valence-electron chi connectivity index (χ3n) is 2.40. The van der Waals surface area contributed by atoms with Gasteiger partial charge in [0, 0.05) is 19.3 Å². The Balaban J connectivity index is 1.90. The molecule has 0 fully saturated rings. The highest BCUT2D eigenvalue weighted by Crippen LogP contribution is 2.15. The van der Waals surface area contributed by atoms with Crippen molar-refractivity contribution >= 4 is 11.6 Å². The van der Waals surface area contributed by atoms with Crippen LogP contribution in [0.1, 0.15) is 11.1 Å². The summed E-state index contributed by atoms with van der Waals surface area (Å²) in [5, 5.41) is 3.20. The monoisotopic (exact) mass is 268 g/mol. The maximum Gasteiger partial charge on any atom is 0.141 e. The summed E-state index contributed by atoms with van der Waals surface area (Å²) in [7, 11) is 0. The van der Waals surface area contributed by atoms with Crippen molar-refractivity contribution in [3.05, 3.63) is 64.4 Å². The Morgan fingerprint density at radius 3 is 2.56 bits per heavy atom. The van der Waals surface area contributed by atoms with Crippen molar-refractivity contribution in [1.29, 1.82) is 0 Å². The van der Waals surface area contributed by atoms with E-state index >= 15 is 0 Å². The van der Waals surface area contributed by atoms with Crippen molar-refractivity contribution in [2.24, 2.45) is 0 Å². The number of nitrogens with zero attached hydrogens (tertiary/aromatic N) is 1. The van der Waals surface area contributed by atoms with E-state index in [2.05, 4.69) is 10.3 Å². The van der Waals surface area contributed by atoms with Crippen LogP contribution in [0.25, 0.3) is 0 Å². The number of benzene rings is 1. The number of hydrogen-bond donors (Lipinski definition) is 1. The van der Waals surface area contributed by atoms with Crippen molar-refractivity contribution in [2.75, 3.05) is 0 Å². The number of aromatic nitrogens is 1. The molecule has 2 aromatic rings. The van der Waals surface area contributed by atoms with Gasteiger partial charge in [-0.2, -0.15) is 0 Å². The molecule has 0 unspecified atom stereocenters. The van der Waals surface area contributed by atoms with E-state index in [1.54, 1.807) is 18.3 Å². The maximum absolute atomic E-state index is 12.9. The Labute approximate surface area is 109 Å². The first-order valence-electron chi connectivity index (χ1n) is 5.39. The lowest BCUT2D eigenvalue weighted by Gasteiger charge is -2.05. The highest BCUT2D eigenvalue weighted by molar-refractivity contribution is 6.30. The van der Waals surface area contributed by atoms with Gasteiger partial charge in [-0.15, -0.1) is 0 Å². The molecule has 2 rings (SSSR count). The lowest BCUT2D eigenvalue weighted by atomic mass is 10.2. The Kier molecular flexibility index (Phi) is 4.23. The average Bonchev–Trinajstić information content (AvgIpc) is 2.34. The maximum atomic E-state index is 12.9. The van der Waals surface area contributed by atoms with Crippen LogP contribution in [-0.4, -0.2) is 4.98 Å². The van der Waals surface area contributed by atoms with Crippen LogP contribution >= 0.6 is 11.6 Å². The third-order valence-corrected chi connectivity index (χ3v) is 2.69. The summed E-state index contributed by atoms with van der Waals surface area (Å²) in [5.41, 5.74) is 1.62. The zero-order valence-electron chi connectivity index (χ0n) is 9.46. The molecule has 94 valence electrons. The molecule has 0 saturated heterocycles. The number of hydrogen-bond acceptors (Lipinski definition) is 2. The number of pyridine rings is 1. The molecular formula is C13H11ClF2N2. The standard InChI is InChI=1S/C13H11ClF2N2/c14-12-4-9(1-2-13(12)16)5-17-6-10-3-11(15)8-18-7-10/h1-4,7-8,17H,5-6H2. The Morgan fingerprint density at radius 1 is 1.06 bits per heavy atom.